The lowest BCUT2D eigenvalue weighted by Crippen LogP contribution is -2.44. The second kappa shape index (κ2) is 16.7. The van der Waals surface area contributed by atoms with Gasteiger partial charge in [0.25, 0.3) is 5.91 Å². The van der Waals surface area contributed by atoms with Crippen molar-refractivity contribution in [1.82, 2.24) is 10.2 Å². The van der Waals surface area contributed by atoms with Gasteiger partial charge in [-0.15, -0.1) is 0 Å². The normalized spacial score (nSPS) is 20.4. The van der Waals surface area contributed by atoms with Crippen LogP contribution in [0.15, 0.2) is 103 Å². The maximum Gasteiger partial charge on any atom is 0.303 e. The number of rotatable bonds is 13. The molecule has 1 unspecified atom stereocenters. The third kappa shape index (κ3) is 9.53. The summed E-state index contributed by atoms with van der Waals surface area (Å²) in [4.78, 5) is 25.6. The van der Waals surface area contributed by atoms with Gasteiger partial charge in [0, 0.05) is 38.0 Å². The summed E-state index contributed by atoms with van der Waals surface area (Å²) < 4.78 is 18.5. The molecule has 0 radical (unpaired) electrons. The number of likely N-dealkylation sites (N-methyl/N-ethyl adjacent to an activating group) is 1. The second-order valence-corrected chi connectivity index (χ2v) is 12.4. The van der Waals surface area contributed by atoms with Gasteiger partial charge in [-0.05, 0) is 53.9 Å². The predicted molar refractivity (Wildman–Crippen MR) is 183 cm³/mol. The summed E-state index contributed by atoms with van der Waals surface area (Å²) >= 11 is 0. The zero-order valence-electron chi connectivity index (χ0n) is 27.9. The van der Waals surface area contributed by atoms with Crippen molar-refractivity contribution >= 4 is 11.9 Å². The number of hydrogen-bond acceptors (Lipinski definition) is 9. The number of ether oxygens (including phenoxy) is 3. The molecule has 10 nitrogen and oxygen atoms in total. The Bertz CT molecular complexity index is 1660. The summed E-state index contributed by atoms with van der Waals surface area (Å²) in [5, 5.41) is 33.4. The average Bonchev–Trinajstić information content (AvgIpc) is 3.10. The van der Waals surface area contributed by atoms with Crippen molar-refractivity contribution in [3.63, 3.8) is 0 Å². The Morgan fingerprint density at radius 2 is 1.55 bits per heavy atom. The predicted octanol–water partition coefficient (Wildman–Crippen LogP) is 5.06. The van der Waals surface area contributed by atoms with Crippen LogP contribution < -0.4 is 5.32 Å². The summed E-state index contributed by atoms with van der Waals surface area (Å²) in [7, 11) is 1.93. The van der Waals surface area contributed by atoms with Crippen LogP contribution in [0, 0.1) is 0 Å². The molecule has 6 atom stereocenters. The summed E-state index contributed by atoms with van der Waals surface area (Å²) in [5.74, 6) is -1.03. The Kier molecular flexibility index (Phi) is 12.2. The van der Waals surface area contributed by atoms with Gasteiger partial charge in [0.1, 0.15) is 5.75 Å². The van der Waals surface area contributed by atoms with Crippen molar-refractivity contribution in [2.45, 2.75) is 63.6 Å². The molecule has 4 N–H and O–H groups in total. The Hall–Kier alpha value is -4.58. The van der Waals surface area contributed by atoms with E-state index < -0.39 is 30.6 Å². The van der Waals surface area contributed by atoms with Crippen LogP contribution in [-0.4, -0.2) is 64.4 Å². The van der Waals surface area contributed by atoms with E-state index in [1.165, 1.54) is 13.8 Å². The van der Waals surface area contributed by atoms with Crippen LogP contribution in [0.5, 0.6) is 5.75 Å². The van der Waals surface area contributed by atoms with Crippen molar-refractivity contribution in [2.75, 3.05) is 20.1 Å². The van der Waals surface area contributed by atoms with Crippen LogP contribution in [0.4, 0.5) is 0 Å². The highest BCUT2D eigenvalue weighted by Crippen LogP contribution is 2.47. The number of carbonyl (C=O) groups excluding carboxylic acids is 2. The Morgan fingerprint density at radius 3 is 2.20 bits per heavy atom. The Morgan fingerprint density at radius 1 is 0.878 bits per heavy atom. The number of hydrogen-bond donors (Lipinski definition) is 4. The molecule has 258 valence electrons. The molecule has 10 heteroatoms. The molecule has 0 bridgehead atoms. The Labute approximate surface area is 286 Å². The van der Waals surface area contributed by atoms with Crippen molar-refractivity contribution < 1.29 is 39.1 Å². The zero-order valence-corrected chi connectivity index (χ0v) is 27.9. The van der Waals surface area contributed by atoms with E-state index >= 15 is 0 Å². The number of aliphatic hydroxyl groups excluding tert-OH is 2. The van der Waals surface area contributed by atoms with Crippen LogP contribution >= 0.6 is 0 Å². The lowest BCUT2D eigenvalue weighted by molar-refractivity contribution is -0.263. The summed E-state index contributed by atoms with van der Waals surface area (Å²) in [6.07, 6.45) is -3.23. The van der Waals surface area contributed by atoms with E-state index in [1.807, 2.05) is 78.7 Å². The lowest BCUT2D eigenvalue weighted by atomic mass is 9.83. The minimum Gasteiger partial charge on any atom is -0.508 e. The van der Waals surface area contributed by atoms with Gasteiger partial charge in [-0.1, -0.05) is 91.0 Å². The number of amides is 1. The van der Waals surface area contributed by atoms with Gasteiger partial charge in [-0.3, -0.25) is 9.59 Å². The third-order valence-corrected chi connectivity index (χ3v) is 8.63. The smallest absolute Gasteiger partial charge is 0.303 e. The van der Waals surface area contributed by atoms with Gasteiger partial charge in [-0.2, -0.15) is 0 Å². The van der Waals surface area contributed by atoms with Crippen LogP contribution in [0.2, 0.25) is 0 Å². The van der Waals surface area contributed by atoms with Crippen LogP contribution in [0.3, 0.4) is 0 Å². The number of nitrogens with zero attached hydrogens (tertiary/aromatic N) is 1. The van der Waals surface area contributed by atoms with Gasteiger partial charge in [0.05, 0.1) is 24.9 Å². The van der Waals surface area contributed by atoms with Crippen LogP contribution in [-0.2, 0) is 37.0 Å². The number of carbonyl (C=O) groups is 2. The summed E-state index contributed by atoms with van der Waals surface area (Å²) in [6, 6.07) is 32.0. The number of phenols is 1. The second-order valence-electron chi connectivity index (χ2n) is 12.4. The van der Waals surface area contributed by atoms with Crippen LogP contribution in [0.1, 0.15) is 71.6 Å². The molecule has 1 amide bonds. The molecule has 5 rings (SSSR count). The highest BCUT2D eigenvalue weighted by Gasteiger charge is 2.42. The van der Waals surface area contributed by atoms with E-state index in [2.05, 4.69) is 17.4 Å². The molecular formula is C39H44N2O8. The maximum atomic E-state index is 12.3. The average molecular weight is 669 g/mol. The summed E-state index contributed by atoms with van der Waals surface area (Å²) in [5.41, 5.74) is 5.03. The van der Waals surface area contributed by atoms with Crippen molar-refractivity contribution in [3.05, 3.63) is 137 Å². The highest BCUT2D eigenvalue weighted by molar-refractivity contribution is 5.82. The fourth-order valence-electron chi connectivity index (χ4n) is 6.11. The number of nitrogens with one attached hydrogen (secondary N) is 1. The first kappa shape index (κ1) is 35.7. The molecule has 1 aliphatic rings. The van der Waals surface area contributed by atoms with Gasteiger partial charge < -0.3 is 39.7 Å². The molecule has 49 heavy (non-hydrogen) atoms. The zero-order chi connectivity index (χ0) is 34.9. The molecule has 4 aromatic carbocycles. The van der Waals surface area contributed by atoms with E-state index in [1.54, 1.807) is 24.3 Å². The van der Waals surface area contributed by atoms with Crippen LogP contribution in [0.25, 0.3) is 0 Å². The monoisotopic (exact) mass is 668 g/mol. The van der Waals surface area contributed by atoms with E-state index in [4.69, 9.17) is 14.2 Å². The van der Waals surface area contributed by atoms with E-state index in [9.17, 15) is 24.9 Å². The molecular weight excluding hydrogens is 624 g/mol. The molecule has 0 aliphatic carbocycles. The quantitative estimate of drug-likeness (QED) is 0.144. The fourth-order valence-corrected chi connectivity index (χ4v) is 6.11. The molecule has 1 heterocycles. The lowest BCUT2D eigenvalue weighted by Gasteiger charge is -2.44. The number of phenolic OH excluding ortho intramolecular Hbond substituents is 1. The van der Waals surface area contributed by atoms with Gasteiger partial charge >= 0.3 is 5.97 Å². The first-order chi connectivity index (χ1) is 23.6. The van der Waals surface area contributed by atoms with Gasteiger partial charge in [0.15, 0.2) is 12.4 Å². The standard InChI is InChI=1S/C39H44N2O8/c1-25(47-26(2)43)38(46)40-21-27-12-18-31(19-13-27)39-48-35(23-41(3)22-34(45)32-10-7-11-33(44)20-32)36(29-8-5-4-6-9-29)37(49-39)30-16-14-28(24-42)15-17-30/h4-20,25,34-37,39,42,44-45H,21-24H2,1-3H3,(H,40,46)/t25-,34+,35+,36+,37-,39?/m0/s1. The topological polar surface area (TPSA) is 138 Å². The fraction of sp³-hybridized carbons (Fsp3) is 0.333. The number of aromatic hydroxyl groups is 1. The maximum absolute atomic E-state index is 12.3. The molecule has 1 saturated heterocycles. The molecule has 0 saturated carbocycles. The minimum absolute atomic E-state index is 0.0654. The van der Waals surface area contributed by atoms with Gasteiger partial charge in [-0.25, -0.2) is 0 Å². The molecule has 1 aliphatic heterocycles. The van der Waals surface area contributed by atoms with Gasteiger partial charge in [0.2, 0.25) is 0 Å². The van der Waals surface area contributed by atoms with E-state index in [-0.39, 0.29) is 36.8 Å². The molecule has 0 aromatic heterocycles. The first-order valence-corrected chi connectivity index (χ1v) is 16.4. The molecule has 0 spiro atoms. The van der Waals surface area contributed by atoms with Crippen molar-refractivity contribution in [3.8, 4) is 5.75 Å². The third-order valence-electron chi connectivity index (χ3n) is 8.63. The van der Waals surface area contributed by atoms with Crippen molar-refractivity contribution in [1.29, 1.82) is 0 Å². The van der Waals surface area contributed by atoms with E-state index in [0.717, 1.165) is 27.8 Å². The number of aliphatic hydroxyl groups is 2. The van der Waals surface area contributed by atoms with E-state index in [0.29, 0.717) is 18.7 Å². The largest absolute Gasteiger partial charge is 0.508 e. The number of esters is 1. The Balaban J connectivity index is 1.41. The summed E-state index contributed by atoms with van der Waals surface area (Å²) in [6.45, 7) is 3.74. The molecule has 4 aromatic rings. The highest BCUT2D eigenvalue weighted by atomic mass is 16.7. The first-order valence-electron chi connectivity index (χ1n) is 16.4. The SMILES string of the molecule is CC(=O)O[C@@H](C)C(=O)NCc1ccc(C2O[C@H](CN(C)C[C@@H](O)c3cccc(O)c3)[C@@H](c3ccccc3)[C@H](c3ccc(CO)cc3)O2)cc1. The minimum atomic E-state index is -0.891. The number of benzene rings is 4. The molecule has 1 fully saturated rings. The van der Waals surface area contributed by atoms with Crippen molar-refractivity contribution in [2.24, 2.45) is 0 Å².